The number of benzene rings is 3. The lowest BCUT2D eigenvalue weighted by atomic mass is 9.90. The number of nitrogens with zero attached hydrogens (tertiary/aromatic N) is 1. The summed E-state index contributed by atoms with van der Waals surface area (Å²) in [5.41, 5.74) is 3.32. The molecule has 0 fully saturated rings. The lowest BCUT2D eigenvalue weighted by molar-refractivity contribution is -0.147. The number of alkyl carbamates (subject to hydrolysis) is 1. The standard InChI is InChI=1S/C31H34N2O6/c1-31(2,3)39-30(36)32-19-22-15-13-21(14-16-22)17-24(18-27(34)37-20-23-9-5-4-6-10-23)28(35)29-33-25-11-7-8-12-26(25)38-29/h4-16,24,28,35H,17-20H2,1-3H3,(H,32,36)/t24-,28?/m1/s1. The molecule has 0 aliphatic rings. The van der Waals surface area contributed by atoms with Crippen LogP contribution >= 0.6 is 0 Å². The molecular formula is C31H34N2O6. The molecule has 0 aliphatic carbocycles. The molecule has 2 N–H and O–H groups in total. The summed E-state index contributed by atoms with van der Waals surface area (Å²) in [6.07, 6.45) is -1.23. The van der Waals surface area contributed by atoms with E-state index in [0.29, 0.717) is 24.1 Å². The first-order valence-electron chi connectivity index (χ1n) is 12.9. The number of aliphatic hydroxyl groups is 1. The Morgan fingerprint density at radius 1 is 0.923 bits per heavy atom. The van der Waals surface area contributed by atoms with Gasteiger partial charge in [-0.2, -0.15) is 0 Å². The van der Waals surface area contributed by atoms with E-state index in [0.717, 1.165) is 16.7 Å². The van der Waals surface area contributed by atoms with Crippen molar-refractivity contribution < 1.29 is 28.6 Å². The lowest BCUT2D eigenvalue weighted by Crippen LogP contribution is -2.32. The topological polar surface area (TPSA) is 111 Å². The van der Waals surface area contributed by atoms with Gasteiger partial charge in [0.2, 0.25) is 5.89 Å². The fraction of sp³-hybridized carbons (Fsp3) is 0.323. The zero-order valence-corrected chi connectivity index (χ0v) is 22.4. The van der Waals surface area contributed by atoms with Gasteiger partial charge in [-0.1, -0.05) is 66.7 Å². The number of hydrogen-bond donors (Lipinski definition) is 2. The van der Waals surface area contributed by atoms with Crippen molar-refractivity contribution in [3.63, 3.8) is 0 Å². The van der Waals surface area contributed by atoms with E-state index in [1.165, 1.54) is 0 Å². The molecule has 39 heavy (non-hydrogen) atoms. The van der Waals surface area contributed by atoms with E-state index >= 15 is 0 Å². The highest BCUT2D eigenvalue weighted by molar-refractivity contribution is 5.72. The average Bonchev–Trinajstić information content (AvgIpc) is 3.35. The van der Waals surface area contributed by atoms with Crippen molar-refractivity contribution in [2.75, 3.05) is 0 Å². The summed E-state index contributed by atoms with van der Waals surface area (Å²) in [5.74, 6) is -0.792. The largest absolute Gasteiger partial charge is 0.461 e. The van der Waals surface area contributed by atoms with Gasteiger partial charge < -0.3 is 24.3 Å². The molecule has 0 spiro atoms. The third-order valence-electron chi connectivity index (χ3n) is 6.04. The molecule has 4 aromatic rings. The molecule has 1 unspecified atom stereocenters. The van der Waals surface area contributed by atoms with E-state index in [-0.39, 0.29) is 18.9 Å². The van der Waals surface area contributed by atoms with E-state index in [2.05, 4.69) is 10.3 Å². The van der Waals surface area contributed by atoms with Crippen LogP contribution in [0.4, 0.5) is 4.79 Å². The van der Waals surface area contributed by atoms with Gasteiger partial charge in [0, 0.05) is 12.5 Å². The van der Waals surface area contributed by atoms with E-state index in [1.54, 1.807) is 6.07 Å². The van der Waals surface area contributed by atoms with Crippen LogP contribution in [0.15, 0.2) is 83.3 Å². The van der Waals surface area contributed by atoms with Crippen molar-refractivity contribution in [3.8, 4) is 0 Å². The van der Waals surface area contributed by atoms with E-state index < -0.39 is 29.7 Å². The maximum Gasteiger partial charge on any atom is 0.407 e. The Bertz CT molecular complexity index is 1340. The summed E-state index contributed by atoms with van der Waals surface area (Å²) in [6.45, 7) is 5.90. The average molecular weight is 531 g/mol. The van der Waals surface area contributed by atoms with Gasteiger partial charge in [-0.05, 0) is 56.0 Å². The van der Waals surface area contributed by atoms with Gasteiger partial charge in [-0.3, -0.25) is 4.79 Å². The van der Waals surface area contributed by atoms with Crippen LogP contribution in [0.5, 0.6) is 0 Å². The smallest absolute Gasteiger partial charge is 0.407 e. The number of oxazole rings is 1. The Morgan fingerprint density at radius 3 is 2.28 bits per heavy atom. The highest BCUT2D eigenvalue weighted by atomic mass is 16.6. The van der Waals surface area contributed by atoms with Crippen LogP contribution in [0.25, 0.3) is 11.1 Å². The summed E-state index contributed by atoms with van der Waals surface area (Å²) >= 11 is 0. The van der Waals surface area contributed by atoms with Crippen molar-refractivity contribution in [1.82, 2.24) is 10.3 Å². The molecule has 0 saturated heterocycles. The molecule has 1 amide bonds. The highest BCUT2D eigenvalue weighted by Gasteiger charge is 2.29. The van der Waals surface area contributed by atoms with Crippen LogP contribution in [-0.4, -0.2) is 27.8 Å². The van der Waals surface area contributed by atoms with Gasteiger partial charge in [0.05, 0.1) is 6.42 Å². The molecule has 4 rings (SSSR count). The summed E-state index contributed by atoms with van der Waals surface area (Å²) in [6, 6.07) is 24.3. The number of hydrogen-bond acceptors (Lipinski definition) is 7. The third-order valence-corrected chi connectivity index (χ3v) is 6.04. The Hall–Kier alpha value is -4.17. The number of fused-ring (bicyclic) bond motifs is 1. The van der Waals surface area contributed by atoms with Crippen molar-refractivity contribution in [3.05, 3.63) is 101 Å². The first kappa shape index (κ1) is 27.9. The van der Waals surface area contributed by atoms with E-state index in [1.807, 2.05) is 93.6 Å². The zero-order valence-electron chi connectivity index (χ0n) is 22.4. The fourth-order valence-corrected chi connectivity index (χ4v) is 4.11. The predicted molar refractivity (Wildman–Crippen MR) is 147 cm³/mol. The van der Waals surface area contributed by atoms with Gasteiger partial charge in [0.15, 0.2) is 5.58 Å². The van der Waals surface area contributed by atoms with Crippen LogP contribution < -0.4 is 5.32 Å². The molecule has 0 aliphatic heterocycles. The zero-order chi connectivity index (χ0) is 27.8. The van der Waals surface area contributed by atoms with Crippen LogP contribution in [0.1, 0.15) is 55.9 Å². The molecule has 2 atom stereocenters. The minimum atomic E-state index is -1.12. The number of aromatic nitrogens is 1. The van der Waals surface area contributed by atoms with Gasteiger partial charge >= 0.3 is 12.1 Å². The van der Waals surface area contributed by atoms with Crippen molar-refractivity contribution >= 4 is 23.2 Å². The Balaban J connectivity index is 1.44. The molecular weight excluding hydrogens is 496 g/mol. The fourth-order valence-electron chi connectivity index (χ4n) is 4.11. The third kappa shape index (κ3) is 8.41. The van der Waals surface area contributed by atoms with Crippen LogP contribution in [0.3, 0.4) is 0 Å². The molecule has 1 heterocycles. The van der Waals surface area contributed by atoms with Gasteiger partial charge in [0.1, 0.15) is 23.8 Å². The van der Waals surface area contributed by atoms with Crippen LogP contribution in [0, 0.1) is 5.92 Å². The summed E-state index contributed by atoms with van der Waals surface area (Å²) in [4.78, 5) is 29.2. The summed E-state index contributed by atoms with van der Waals surface area (Å²) < 4.78 is 16.6. The second-order valence-electron chi connectivity index (χ2n) is 10.5. The van der Waals surface area contributed by atoms with Crippen LogP contribution in [-0.2, 0) is 33.8 Å². The number of rotatable bonds is 10. The highest BCUT2D eigenvalue weighted by Crippen LogP contribution is 2.30. The Labute approximate surface area is 228 Å². The first-order valence-corrected chi connectivity index (χ1v) is 12.9. The van der Waals surface area contributed by atoms with E-state index in [4.69, 9.17) is 13.9 Å². The maximum atomic E-state index is 12.8. The number of carbonyl (C=O) groups is 2. The molecule has 0 bridgehead atoms. The van der Waals surface area contributed by atoms with Gasteiger partial charge in [0.25, 0.3) is 0 Å². The van der Waals surface area contributed by atoms with Crippen molar-refractivity contribution in [1.29, 1.82) is 0 Å². The van der Waals surface area contributed by atoms with Crippen molar-refractivity contribution in [2.24, 2.45) is 5.92 Å². The monoisotopic (exact) mass is 530 g/mol. The number of ether oxygens (including phenoxy) is 2. The molecule has 8 heteroatoms. The maximum absolute atomic E-state index is 12.8. The molecule has 204 valence electrons. The number of carbonyl (C=O) groups excluding carboxylic acids is 2. The Morgan fingerprint density at radius 2 is 1.59 bits per heavy atom. The van der Waals surface area contributed by atoms with Crippen LogP contribution in [0.2, 0.25) is 0 Å². The second-order valence-corrected chi connectivity index (χ2v) is 10.5. The van der Waals surface area contributed by atoms with E-state index in [9.17, 15) is 14.7 Å². The van der Waals surface area contributed by atoms with Gasteiger partial charge in [-0.15, -0.1) is 0 Å². The minimum absolute atomic E-state index is 0.0192. The number of nitrogens with one attached hydrogen (secondary N) is 1. The molecule has 3 aromatic carbocycles. The summed E-state index contributed by atoms with van der Waals surface area (Å²) in [5, 5.41) is 14.0. The summed E-state index contributed by atoms with van der Waals surface area (Å²) in [7, 11) is 0. The molecule has 0 saturated carbocycles. The SMILES string of the molecule is CC(C)(C)OC(=O)NCc1ccc(C[C@H](CC(=O)OCc2ccccc2)C(O)c2nc3ccccc3o2)cc1. The lowest BCUT2D eigenvalue weighted by Gasteiger charge is -2.21. The number of amides is 1. The van der Waals surface area contributed by atoms with Gasteiger partial charge in [-0.25, -0.2) is 9.78 Å². The first-order chi connectivity index (χ1) is 18.7. The normalized spacial score (nSPS) is 13.0. The number of esters is 1. The van der Waals surface area contributed by atoms with Crippen molar-refractivity contribution in [2.45, 2.75) is 58.5 Å². The molecule has 0 radical (unpaired) electrons. The Kier molecular flexibility index (Phi) is 8.99. The quantitative estimate of drug-likeness (QED) is 0.246. The second kappa shape index (κ2) is 12.6. The molecule has 1 aromatic heterocycles. The number of para-hydroxylation sites is 2. The predicted octanol–water partition coefficient (Wildman–Crippen LogP) is 5.88. The number of aliphatic hydroxyl groups excluding tert-OH is 1. The molecule has 8 nitrogen and oxygen atoms in total. The minimum Gasteiger partial charge on any atom is -0.461 e.